The quantitative estimate of drug-likeness (QED) is 0.398. The van der Waals surface area contributed by atoms with Gasteiger partial charge in [-0.05, 0) is 54.7 Å². The molecule has 0 bridgehead atoms. The lowest BCUT2D eigenvalue weighted by atomic mass is 10.0. The van der Waals surface area contributed by atoms with Gasteiger partial charge in [-0.2, -0.15) is 0 Å². The van der Waals surface area contributed by atoms with E-state index in [1.165, 1.54) is 0 Å². The molecule has 2 atom stereocenters. The smallest absolute Gasteiger partial charge is 0.286 e. The van der Waals surface area contributed by atoms with Crippen molar-refractivity contribution in [2.45, 2.75) is 36.7 Å². The molecule has 188 valence electrons. The van der Waals surface area contributed by atoms with Crippen molar-refractivity contribution in [3.63, 3.8) is 0 Å². The van der Waals surface area contributed by atoms with E-state index in [-0.39, 0.29) is 22.4 Å². The fourth-order valence-electron chi connectivity index (χ4n) is 4.35. The Morgan fingerprint density at radius 1 is 1.14 bits per heavy atom. The Hall–Kier alpha value is -2.60. The van der Waals surface area contributed by atoms with Crippen LogP contribution in [-0.2, 0) is 21.2 Å². The third-order valence-corrected chi connectivity index (χ3v) is 7.75. The predicted molar refractivity (Wildman–Crippen MR) is 138 cm³/mol. The summed E-state index contributed by atoms with van der Waals surface area (Å²) in [5, 5.41) is 15.7. The van der Waals surface area contributed by atoms with Crippen LogP contribution in [0.15, 0.2) is 48.5 Å². The summed E-state index contributed by atoms with van der Waals surface area (Å²) in [4.78, 5) is 25.4. The Kier molecular flexibility index (Phi) is 8.00. The molecular weight excluding hydrogens is 488 g/mol. The summed E-state index contributed by atoms with van der Waals surface area (Å²) in [6.07, 6.45) is 2.76. The number of aliphatic hydroxyl groups is 1. The van der Waals surface area contributed by atoms with Crippen molar-refractivity contribution in [3.05, 3.63) is 59.7 Å². The number of thioether (sulfide) groups is 1. The molecule has 2 aromatic rings. The summed E-state index contributed by atoms with van der Waals surface area (Å²) in [5.41, 5.74) is 3.24. The first-order chi connectivity index (χ1) is 16.7. The second kappa shape index (κ2) is 11.0. The molecule has 4 N–H and O–H groups in total. The van der Waals surface area contributed by atoms with E-state index in [2.05, 4.69) is 32.4 Å². The standard InChI is InChI=1S/C24H30N4O5S2/c1-35(32,33)27-19-4-2-3-17(14-19)21(29)15-25-18-9-11-28(12-10-18)20-7-5-16(6-8-20)13-22-23(30)26-24(31)34-22/h2-8,14,18,21-22,25,27,29H,9-13,15H2,1H3,(H,26,30,31)/t21-,22?/m0/s1. The first-order valence-corrected chi connectivity index (χ1v) is 14.3. The molecule has 0 spiro atoms. The lowest BCUT2D eigenvalue weighted by Crippen LogP contribution is -2.43. The van der Waals surface area contributed by atoms with E-state index in [1.807, 2.05) is 12.1 Å². The van der Waals surface area contributed by atoms with Crippen LogP contribution in [0.2, 0.25) is 0 Å². The van der Waals surface area contributed by atoms with Crippen molar-refractivity contribution >= 4 is 44.3 Å². The molecule has 11 heteroatoms. The van der Waals surface area contributed by atoms with Gasteiger partial charge in [0.15, 0.2) is 0 Å². The molecule has 0 radical (unpaired) electrons. The molecule has 2 fully saturated rings. The van der Waals surface area contributed by atoms with Crippen LogP contribution in [0.1, 0.15) is 30.1 Å². The summed E-state index contributed by atoms with van der Waals surface area (Å²) < 4.78 is 25.3. The molecule has 2 aliphatic rings. The number of aliphatic hydroxyl groups excluding tert-OH is 1. The van der Waals surface area contributed by atoms with Crippen LogP contribution >= 0.6 is 11.8 Å². The lowest BCUT2D eigenvalue weighted by Gasteiger charge is -2.34. The number of amides is 2. The number of sulfonamides is 1. The normalized spacial score (nSPS) is 20.1. The van der Waals surface area contributed by atoms with Crippen molar-refractivity contribution in [1.29, 1.82) is 0 Å². The number of rotatable bonds is 9. The van der Waals surface area contributed by atoms with Gasteiger partial charge in [0.1, 0.15) is 0 Å². The number of piperidine rings is 1. The monoisotopic (exact) mass is 518 g/mol. The van der Waals surface area contributed by atoms with Gasteiger partial charge in [0.05, 0.1) is 17.6 Å². The van der Waals surface area contributed by atoms with Crippen molar-refractivity contribution in [3.8, 4) is 0 Å². The van der Waals surface area contributed by atoms with Crippen LogP contribution in [0.3, 0.4) is 0 Å². The van der Waals surface area contributed by atoms with E-state index in [1.54, 1.807) is 24.3 Å². The van der Waals surface area contributed by atoms with Gasteiger partial charge < -0.3 is 15.3 Å². The first-order valence-electron chi connectivity index (χ1n) is 11.5. The number of benzene rings is 2. The summed E-state index contributed by atoms with van der Waals surface area (Å²) in [6, 6.07) is 15.2. The molecule has 2 amide bonds. The summed E-state index contributed by atoms with van der Waals surface area (Å²) >= 11 is 1.05. The number of carbonyl (C=O) groups is 2. The number of nitrogens with zero attached hydrogens (tertiary/aromatic N) is 1. The van der Waals surface area contributed by atoms with E-state index in [0.29, 0.717) is 24.2 Å². The van der Waals surface area contributed by atoms with Gasteiger partial charge >= 0.3 is 0 Å². The average molecular weight is 519 g/mol. The van der Waals surface area contributed by atoms with Gasteiger partial charge in [-0.1, -0.05) is 36.0 Å². The van der Waals surface area contributed by atoms with E-state index in [4.69, 9.17) is 0 Å². The topological polar surface area (TPSA) is 128 Å². The number of hydrogen-bond donors (Lipinski definition) is 4. The number of anilines is 2. The first kappa shape index (κ1) is 25.5. The molecule has 9 nitrogen and oxygen atoms in total. The molecule has 1 unspecified atom stereocenters. The van der Waals surface area contributed by atoms with Crippen LogP contribution in [-0.4, -0.2) is 61.9 Å². The maximum atomic E-state index is 11.8. The molecule has 2 aliphatic heterocycles. The van der Waals surface area contributed by atoms with Crippen LogP contribution in [0.5, 0.6) is 0 Å². The molecule has 0 aromatic heterocycles. The van der Waals surface area contributed by atoms with E-state index >= 15 is 0 Å². The van der Waals surface area contributed by atoms with Gasteiger partial charge in [0, 0.05) is 37.1 Å². The third kappa shape index (κ3) is 7.20. The largest absolute Gasteiger partial charge is 0.387 e. The predicted octanol–water partition coefficient (Wildman–Crippen LogP) is 2.24. The minimum absolute atomic E-state index is 0.220. The Balaban J connectivity index is 1.23. The zero-order valence-electron chi connectivity index (χ0n) is 19.4. The molecular formula is C24H30N4O5S2. The maximum Gasteiger partial charge on any atom is 0.286 e. The fourth-order valence-corrected chi connectivity index (χ4v) is 5.76. The van der Waals surface area contributed by atoms with Gasteiger partial charge in [-0.25, -0.2) is 8.42 Å². The second-order valence-electron chi connectivity index (χ2n) is 8.94. The second-order valence-corrected chi connectivity index (χ2v) is 11.9. The highest BCUT2D eigenvalue weighted by atomic mass is 32.2. The minimum atomic E-state index is -3.37. The molecule has 2 heterocycles. The van der Waals surface area contributed by atoms with Gasteiger partial charge in [0.2, 0.25) is 15.9 Å². The Morgan fingerprint density at radius 3 is 2.49 bits per heavy atom. The summed E-state index contributed by atoms with van der Waals surface area (Å²) in [7, 11) is -3.37. The molecule has 0 saturated carbocycles. The Labute approximate surface area is 209 Å². The van der Waals surface area contributed by atoms with Crippen molar-refractivity contribution in [2.24, 2.45) is 0 Å². The zero-order valence-corrected chi connectivity index (χ0v) is 21.1. The average Bonchev–Trinajstić information content (AvgIpc) is 3.13. The fraction of sp³-hybridized carbons (Fsp3) is 0.417. The zero-order chi connectivity index (χ0) is 25.0. The van der Waals surface area contributed by atoms with Crippen LogP contribution in [0, 0.1) is 0 Å². The number of imide groups is 1. The van der Waals surface area contributed by atoms with E-state index < -0.39 is 16.1 Å². The molecule has 2 aromatic carbocycles. The Morgan fingerprint density at radius 2 is 1.86 bits per heavy atom. The highest BCUT2D eigenvalue weighted by molar-refractivity contribution is 8.15. The minimum Gasteiger partial charge on any atom is -0.387 e. The van der Waals surface area contributed by atoms with E-state index in [0.717, 1.165) is 55.2 Å². The highest BCUT2D eigenvalue weighted by Crippen LogP contribution is 2.26. The van der Waals surface area contributed by atoms with Crippen molar-refractivity contribution < 1.29 is 23.1 Å². The Bertz CT molecular complexity index is 1160. The summed E-state index contributed by atoms with van der Waals surface area (Å²) in [6.45, 7) is 2.16. The summed E-state index contributed by atoms with van der Waals surface area (Å²) in [5.74, 6) is -0.220. The SMILES string of the molecule is CS(=O)(=O)Nc1cccc([C@@H](O)CNC2CCN(c3ccc(CC4SC(=O)NC4=O)cc3)CC2)c1. The maximum absolute atomic E-state index is 11.8. The highest BCUT2D eigenvalue weighted by Gasteiger charge is 2.31. The molecule has 35 heavy (non-hydrogen) atoms. The molecule has 4 rings (SSSR count). The number of hydrogen-bond acceptors (Lipinski definition) is 8. The van der Waals surface area contributed by atoms with Crippen LogP contribution in [0.25, 0.3) is 0 Å². The number of carbonyl (C=O) groups excluding carboxylic acids is 2. The van der Waals surface area contributed by atoms with Crippen LogP contribution < -0.4 is 20.3 Å². The van der Waals surface area contributed by atoms with Gasteiger partial charge in [-0.15, -0.1) is 0 Å². The molecule has 0 aliphatic carbocycles. The lowest BCUT2D eigenvalue weighted by molar-refractivity contribution is -0.118. The number of nitrogens with one attached hydrogen (secondary N) is 3. The third-order valence-electron chi connectivity index (χ3n) is 6.16. The van der Waals surface area contributed by atoms with Gasteiger partial charge in [0.25, 0.3) is 5.24 Å². The van der Waals surface area contributed by atoms with Crippen LogP contribution in [0.4, 0.5) is 16.2 Å². The van der Waals surface area contributed by atoms with Gasteiger partial charge in [-0.3, -0.25) is 19.6 Å². The molecule has 2 saturated heterocycles. The van der Waals surface area contributed by atoms with Crippen molar-refractivity contribution in [1.82, 2.24) is 10.6 Å². The van der Waals surface area contributed by atoms with E-state index in [9.17, 15) is 23.1 Å². The van der Waals surface area contributed by atoms with Crippen molar-refractivity contribution in [2.75, 3.05) is 35.5 Å².